The lowest BCUT2D eigenvalue weighted by atomic mass is 10.0. The molecule has 8 nitrogen and oxygen atoms in total. The van der Waals surface area contributed by atoms with Gasteiger partial charge in [-0.15, -0.1) is 0 Å². The molecule has 6 rings (SSSR count). The molecule has 4 aromatic rings. The second-order valence-corrected chi connectivity index (χ2v) is 9.70. The fraction of sp³-hybridized carbons (Fsp3) is 0.385. The van der Waals surface area contributed by atoms with Gasteiger partial charge in [-0.3, -0.25) is 14.0 Å². The lowest BCUT2D eigenvalue weighted by molar-refractivity contribution is -0.0176. The number of ether oxygens (including phenoxy) is 1. The maximum absolute atomic E-state index is 14.9. The number of rotatable bonds is 4. The van der Waals surface area contributed by atoms with E-state index in [1.54, 1.807) is 20.0 Å². The van der Waals surface area contributed by atoms with Gasteiger partial charge in [-0.1, -0.05) is 0 Å². The zero-order valence-corrected chi connectivity index (χ0v) is 20.3. The van der Waals surface area contributed by atoms with Crippen LogP contribution in [0.3, 0.4) is 0 Å². The van der Waals surface area contributed by atoms with E-state index in [0.717, 1.165) is 24.5 Å². The molecule has 1 aliphatic carbocycles. The standard InChI is InChI=1S/C26H26F2N6O2/c1-14-11-33(13-22(36-14)16-10-29-34(12-16)18-5-6-18)23-9-20(19-7-4-17(27)8-21(19)28)24-25(31-23)26(35)32(3)15(2)30-24/h4,7-10,12,14,18,22H,5-6,11,13H2,1-3H3/t14-,22-/m1/s1. The monoisotopic (exact) mass is 492 g/mol. The minimum atomic E-state index is -0.728. The number of aryl methyl sites for hydroxylation is 1. The lowest BCUT2D eigenvalue weighted by Gasteiger charge is -2.37. The third-order valence-electron chi connectivity index (χ3n) is 6.97. The van der Waals surface area contributed by atoms with Crippen LogP contribution >= 0.6 is 0 Å². The van der Waals surface area contributed by atoms with E-state index in [2.05, 4.69) is 10.1 Å². The molecule has 0 amide bonds. The minimum Gasteiger partial charge on any atom is -0.367 e. The topological polar surface area (TPSA) is 78.1 Å². The van der Waals surface area contributed by atoms with Crippen LogP contribution in [-0.4, -0.2) is 43.5 Å². The number of benzene rings is 1. The Balaban J connectivity index is 1.47. The van der Waals surface area contributed by atoms with Crippen LogP contribution in [0.4, 0.5) is 14.6 Å². The molecule has 1 saturated heterocycles. The van der Waals surface area contributed by atoms with Gasteiger partial charge in [0, 0.05) is 42.5 Å². The summed E-state index contributed by atoms with van der Waals surface area (Å²) in [5.41, 5.74) is 1.63. The van der Waals surface area contributed by atoms with E-state index >= 15 is 0 Å². The van der Waals surface area contributed by atoms with Crippen molar-refractivity contribution in [2.24, 2.45) is 7.05 Å². The third kappa shape index (κ3) is 3.95. The summed E-state index contributed by atoms with van der Waals surface area (Å²) in [6.45, 7) is 4.71. The maximum Gasteiger partial charge on any atom is 0.279 e. The van der Waals surface area contributed by atoms with Gasteiger partial charge in [-0.2, -0.15) is 5.10 Å². The fourth-order valence-electron chi connectivity index (χ4n) is 4.79. The summed E-state index contributed by atoms with van der Waals surface area (Å²) in [5.74, 6) is -0.418. The van der Waals surface area contributed by atoms with Crippen molar-refractivity contribution in [3.05, 3.63) is 70.0 Å². The minimum absolute atomic E-state index is 0.115. The number of halogens is 2. The summed E-state index contributed by atoms with van der Waals surface area (Å²) in [6, 6.07) is 5.60. The summed E-state index contributed by atoms with van der Waals surface area (Å²) in [6.07, 6.45) is 5.81. The van der Waals surface area contributed by atoms with E-state index < -0.39 is 11.6 Å². The van der Waals surface area contributed by atoms with E-state index in [-0.39, 0.29) is 34.4 Å². The van der Waals surface area contributed by atoms with Crippen molar-refractivity contribution in [1.29, 1.82) is 0 Å². The smallest absolute Gasteiger partial charge is 0.279 e. The Kier molecular flexibility index (Phi) is 5.36. The van der Waals surface area contributed by atoms with Gasteiger partial charge in [0.1, 0.15) is 34.9 Å². The molecule has 1 aromatic carbocycles. The van der Waals surface area contributed by atoms with Crippen LogP contribution < -0.4 is 10.5 Å². The highest BCUT2D eigenvalue weighted by Crippen LogP contribution is 2.37. The average molecular weight is 493 g/mol. The molecule has 4 heterocycles. The molecule has 0 bridgehead atoms. The van der Waals surface area contributed by atoms with Gasteiger partial charge in [0.25, 0.3) is 5.56 Å². The second kappa shape index (κ2) is 8.48. The number of hydrogen-bond acceptors (Lipinski definition) is 6. The molecular weight excluding hydrogens is 466 g/mol. The Morgan fingerprint density at radius 2 is 1.86 bits per heavy atom. The number of fused-ring (bicyclic) bond motifs is 1. The molecule has 2 fully saturated rings. The van der Waals surface area contributed by atoms with Gasteiger partial charge in [-0.05, 0) is 44.9 Å². The molecule has 1 saturated carbocycles. The lowest BCUT2D eigenvalue weighted by Crippen LogP contribution is -2.43. The number of anilines is 1. The number of nitrogens with zero attached hydrogens (tertiary/aromatic N) is 6. The number of aromatic nitrogens is 5. The van der Waals surface area contributed by atoms with Gasteiger partial charge < -0.3 is 9.64 Å². The van der Waals surface area contributed by atoms with Crippen molar-refractivity contribution in [2.75, 3.05) is 18.0 Å². The van der Waals surface area contributed by atoms with Crippen molar-refractivity contribution < 1.29 is 13.5 Å². The Bertz CT molecular complexity index is 1540. The third-order valence-corrected chi connectivity index (χ3v) is 6.97. The van der Waals surface area contributed by atoms with Gasteiger partial charge in [0.2, 0.25) is 0 Å². The molecule has 3 aromatic heterocycles. The SMILES string of the molecule is Cc1nc2c(-c3ccc(F)cc3F)cc(N3C[C@@H](C)O[C@@H](c4cnn(C5CC5)c4)C3)nc2c(=O)n1C. The number of morpholine rings is 1. The Hall–Kier alpha value is -3.66. The van der Waals surface area contributed by atoms with Crippen molar-refractivity contribution in [3.63, 3.8) is 0 Å². The van der Waals surface area contributed by atoms with Crippen molar-refractivity contribution in [3.8, 4) is 11.1 Å². The molecule has 36 heavy (non-hydrogen) atoms. The van der Waals surface area contributed by atoms with Gasteiger partial charge >= 0.3 is 0 Å². The zero-order valence-electron chi connectivity index (χ0n) is 20.3. The normalized spacial score (nSPS) is 20.3. The van der Waals surface area contributed by atoms with Crippen molar-refractivity contribution >= 4 is 16.9 Å². The highest BCUT2D eigenvalue weighted by molar-refractivity contribution is 5.93. The van der Waals surface area contributed by atoms with Crippen LogP contribution in [0.2, 0.25) is 0 Å². The summed E-state index contributed by atoms with van der Waals surface area (Å²) >= 11 is 0. The van der Waals surface area contributed by atoms with Crippen LogP contribution in [0, 0.1) is 18.6 Å². The molecule has 0 spiro atoms. The van der Waals surface area contributed by atoms with Crippen molar-refractivity contribution in [2.45, 2.75) is 44.9 Å². The Labute approximate surface area is 206 Å². The molecule has 2 aliphatic rings. The molecular formula is C26H26F2N6O2. The van der Waals surface area contributed by atoms with Gasteiger partial charge in [-0.25, -0.2) is 18.7 Å². The van der Waals surface area contributed by atoms with E-state index in [1.807, 2.05) is 28.9 Å². The molecule has 186 valence electrons. The zero-order chi connectivity index (χ0) is 25.1. The van der Waals surface area contributed by atoms with E-state index in [1.165, 1.54) is 16.7 Å². The summed E-state index contributed by atoms with van der Waals surface area (Å²) in [7, 11) is 1.63. The highest BCUT2D eigenvalue weighted by atomic mass is 19.1. The quantitative estimate of drug-likeness (QED) is 0.427. The Morgan fingerprint density at radius 3 is 2.61 bits per heavy atom. The van der Waals surface area contributed by atoms with Crippen molar-refractivity contribution in [1.82, 2.24) is 24.3 Å². The van der Waals surface area contributed by atoms with Crippen LogP contribution in [0.25, 0.3) is 22.2 Å². The average Bonchev–Trinajstić information content (AvgIpc) is 3.58. The summed E-state index contributed by atoms with van der Waals surface area (Å²) < 4.78 is 38.2. The summed E-state index contributed by atoms with van der Waals surface area (Å²) in [5, 5.41) is 4.50. The van der Waals surface area contributed by atoms with Crippen LogP contribution in [0.1, 0.15) is 43.3 Å². The fourth-order valence-corrected chi connectivity index (χ4v) is 4.79. The predicted octanol–water partition coefficient (Wildman–Crippen LogP) is 4.08. The molecule has 0 unspecified atom stereocenters. The first kappa shape index (κ1) is 22.8. The molecule has 2 atom stereocenters. The number of pyridine rings is 1. The van der Waals surface area contributed by atoms with Crippen LogP contribution in [0.5, 0.6) is 0 Å². The highest BCUT2D eigenvalue weighted by Gasteiger charge is 2.31. The van der Waals surface area contributed by atoms with E-state index in [9.17, 15) is 13.6 Å². The maximum atomic E-state index is 14.9. The molecule has 1 aliphatic heterocycles. The second-order valence-electron chi connectivity index (χ2n) is 9.70. The molecule has 0 N–H and O–H groups in total. The first-order valence-electron chi connectivity index (χ1n) is 12.1. The predicted molar refractivity (Wildman–Crippen MR) is 131 cm³/mol. The van der Waals surface area contributed by atoms with E-state index in [0.29, 0.717) is 36.3 Å². The first-order chi connectivity index (χ1) is 17.3. The Morgan fingerprint density at radius 1 is 1.06 bits per heavy atom. The molecule has 10 heteroatoms. The van der Waals surface area contributed by atoms with Crippen LogP contribution in [-0.2, 0) is 11.8 Å². The van der Waals surface area contributed by atoms with Gasteiger partial charge in [0.15, 0.2) is 5.52 Å². The van der Waals surface area contributed by atoms with E-state index in [4.69, 9.17) is 9.72 Å². The largest absolute Gasteiger partial charge is 0.367 e. The summed E-state index contributed by atoms with van der Waals surface area (Å²) in [4.78, 5) is 24.5. The van der Waals surface area contributed by atoms with Crippen LogP contribution in [0.15, 0.2) is 41.5 Å². The first-order valence-corrected chi connectivity index (χ1v) is 12.1. The molecule has 0 radical (unpaired) electrons. The number of hydrogen-bond donors (Lipinski definition) is 0. The van der Waals surface area contributed by atoms with Gasteiger partial charge in [0.05, 0.1) is 24.9 Å².